The standard InChI is InChI=1S/C14H20N/c1-10-7-11(2)13(12(3)8-10)15-9-14(4,5)6/h7-8H,1-6H3/q+1. The van der Waals surface area contributed by atoms with Crippen molar-refractivity contribution < 1.29 is 0 Å². The number of hydrogen-bond acceptors (Lipinski definition) is 0. The molecular formula is C14H20N+. The van der Waals surface area contributed by atoms with Crippen molar-refractivity contribution in [3.05, 3.63) is 33.7 Å². The van der Waals surface area contributed by atoms with Crippen LogP contribution in [0.3, 0.4) is 0 Å². The highest BCUT2D eigenvalue weighted by Crippen LogP contribution is 2.26. The van der Waals surface area contributed by atoms with Crippen molar-refractivity contribution >= 4 is 5.69 Å². The predicted molar refractivity (Wildman–Crippen MR) is 67.0 cm³/mol. The molecule has 1 aromatic carbocycles. The molecule has 0 aliphatic rings. The quantitative estimate of drug-likeness (QED) is 0.578. The van der Waals surface area contributed by atoms with Gasteiger partial charge in [0.2, 0.25) is 0 Å². The summed E-state index contributed by atoms with van der Waals surface area (Å²) in [5, 5.41) is 0. The summed E-state index contributed by atoms with van der Waals surface area (Å²) in [6.07, 6.45) is 0. The Kier molecular flexibility index (Phi) is 3.19. The summed E-state index contributed by atoms with van der Waals surface area (Å²) in [6, 6.07) is 7.49. The normalized spacial score (nSPS) is 10.8. The molecule has 0 aliphatic heterocycles. The molecule has 0 fully saturated rings. The molecule has 0 spiro atoms. The first-order valence-corrected chi connectivity index (χ1v) is 5.35. The van der Waals surface area contributed by atoms with Gasteiger partial charge in [-0.1, -0.05) is 5.56 Å². The Bertz CT molecular complexity index is 402. The third-order valence-corrected chi connectivity index (χ3v) is 2.14. The number of nitrogens with zero attached hydrogens (tertiary/aromatic N) is 1. The monoisotopic (exact) mass is 202 g/mol. The third kappa shape index (κ3) is 3.40. The first-order chi connectivity index (χ1) is 6.79. The van der Waals surface area contributed by atoms with E-state index in [1.54, 1.807) is 0 Å². The maximum Gasteiger partial charge on any atom is 0.345 e. The maximum absolute atomic E-state index is 4.47. The molecule has 0 aromatic heterocycles. The number of aryl methyl sites for hydroxylation is 3. The minimum Gasteiger partial charge on any atom is -0.0500 e. The van der Waals surface area contributed by atoms with Gasteiger partial charge in [0.25, 0.3) is 6.07 Å². The van der Waals surface area contributed by atoms with Gasteiger partial charge in [-0.3, -0.25) is 0 Å². The molecule has 0 radical (unpaired) electrons. The van der Waals surface area contributed by atoms with E-state index < -0.39 is 0 Å². The summed E-state index contributed by atoms with van der Waals surface area (Å²) in [5.41, 5.74) is 4.83. The van der Waals surface area contributed by atoms with Gasteiger partial charge in [0.05, 0.1) is 5.41 Å². The van der Waals surface area contributed by atoms with Crippen molar-refractivity contribution in [2.75, 3.05) is 0 Å². The fourth-order valence-electron chi connectivity index (χ4n) is 1.57. The summed E-state index contributed by atoms with van der Waals surface area (Å²) in [4.78, 5) is 4.47. The Balaban J connectivity index is 3.20. The SMILES string of the molecule is Cc1cc(C)c([N+]#CC(C)(C)C)c(C)c1. The number of hydrogen-bond donors (Lipinski definition) is 0. The zero-order valence-electron chi connectivity index (χ0n) is 10.6. The Hall–Kier alpha value is -1.29. The van der Waals surface area contributed by atoms with Crippen LogP contribution in [-0.2, 0) is 0 Å². The molecule has 0 aliphatic carbocycles. The lowest BCUT2D eigenvalue weighted by molar-refractivity contribution is 0.570. The van der Waals surface area contributed by atoms with Crippen LogP contribution in [0.5, 0.6) is 0 Å². The Morgan fingerprint density at radius 3 is 1.87 bits per heavy atom. The van der Waals surface area contributed by atoms with Crippen molar-refractivity contribution in [2.24, 2.45) is 5.41 Å². The average Bonchev–Trinajstić information content (AvgIpc) is 1.99. The van der Waals surface area contributed by atoms with E-state index in [4.69, 9.17) is 0 Å². The summed E-state index contributed by atoms with van der Waals surface area (Å²) in [7, 11) is 0. The number of rotatable bonds is 0. The molecule has 0 amide bonds. The van der Waals surface area contributed by atoms with Crippen LogP contribution in [-0.4, -0.2) is 0 Å². The topological polar surface area (TPSA) is 4.36 Å². The van der Waals surface area contributed by atoms with Gasteiger partial charge in [-0.2, -0.15) is 0 Å². The second kappa shape index (κ2) is 4.06. The molecule has 1 rings (SSSR count). The fraction of sp³-hybridized carbons (Fsp3) is 0.500. The van der Waals surface area contributed by atoms with Gasteiger partial charge in [-0.05, 0) is 58.5 Å². The van der Waals surface area contributed by atoms with Crippen molar-refractivity contribution in [1.29, 1.82) is 0 Å². The highest BCUT2D eigenvalue weighted by molar-refractivity contribution is 5.60. The van der Waals surface area contributed by atoms with Crippen LogP contribution in [0.2, 0.25) is 0 Å². The van der Waals surface area contributed by atoms with E-state index in [0.717, 1.165) is 5.69 Å². The van der Waals surface area contributed by atoms with Crippen LogP contribution in [0.4, 0.5) is 5.69 Å². The first-order valence-electron chi connectivity index (χ1n) is 5.35. The fourth-order valence-corrected chi connectivity index (χ4v) is 1.57. The van der Waals surface area contributed by atoms with Gasteiger partial charge in [0.15, 0.2) is 0 Å². The first kappa shape index (κ1) is 11.8. The second-order valence-electron chi connectivity index (χ2n) is 5.22. The highest BCUT2D eigenvalue weighted by atomic mass is 14.7. The van der Waals surface area contributed by atoms with Crippen LogP contribution >= 0.6 is 0 Å². The molecular weight excluding hydrogens is 182 g/mol. The van der Waals surface area contributed by atoms with Crippen molar-refractivity contribution in [1.82, 2.24) is 0 Å². The minimum absolute atomic E-state index is 0.0176. The van der Waals surface area contributed by atoms with Gasteiger partial charge < -0.3 is 0 Å². The summed E-state index contributed by atoms with van der Waals surface area (Å²) >= 11 is 0. The van der Waals surface area contributed by atoms with Gasteiger partial charge in [0, 0.05) is 11.1 Å². The zero-order chi connectivity index (χ0) is 11.6. The second-order valence-corrected chi connectivity index (χ2v) is 5.22. The van der Waals surface area contributed by atoms with Gasteiger partial charge >= 0.3 is 5.69 Å². The van der Waals surface area contributed by atoms with Crippen LogP contribution in [0.25, 0.3) is 4.85 Å². The van der Waals surface area contributed by atoms with Crippen molar-refractivity contribution in [3.8, 4) is 6.07 Å². The molecule has 0 saturated heterocycles. The van der Waals surface area contributed by atoms with Gasteiger partial charge in [0.1, 0.15) is 0 Å². The zero-order valence-corrected chi connectivity index (χ0v) is 10.6. The Morgan fingerprint density at radius 1 is 1.00 bits per heavy atom. The lowest BCUT2D eigenvalue weighted by Crippen LogP contribution is -1.98. The molecule has 1 nitrogen and oxygen atoms in total. The highest BCUT2D eigenvalue weighted by Gasteiger charge is 2.17. The Morgan fingerprint density at radius 2 is 1.47 bits per heavy atom. The average molecular weight is 202 g/mol. The smallest absolute Gasteiger partial charge is 0.0500 e. The summed E-state index contributed by atoms with van der Waals surface area (Å²) < 4.78 is 0. The van der Waals surface area contributed by atoms with E-state index in [-0.39, 0.29) is 5.41 Å². The van der Waals surface area contributed by atoms with E-state index >= 15 is 0 Å². The molecule has 80 valence electrons. The molecule has 15 heavy (non-hydrogen) atoms. The molecule has 0 unspecified atom stereocenters. The van der Waals surface area contributed by atoms with E-state index in [1.807, 2.05) is 0 Å². The molecule has 0 heterocycles. The van der Waals surface area contributed by atoms with E-state index in [2.05, 4.69) is 64.6 Å². The lowest BCUT2D eigenvalue weighted by atomic mass is 9.99. The van der Waals surface area contributed by atoms with E-state index in [9.17, 15) is 0 Å². The van der Waals surface area contributed by atoms with Gasteiger partial charge in [-0.15, -0.1) is 0 Å². The Labute approximate surface area is 93.0 Å². The number of benzene rings is 1. The van der Waals surface area contributed by atoms with Crippen LogP contribution in [0.1, 0.15) is 37.5 Å². The van der Waals surface area contributed by atoms with Gasteiger partial charge in [-0.25, -0.2) is 0 Å². The largest absolute Gasteiger partial charge is 0.345 e. The molecule has 0 saturated carbocycles. The molecule has 0 atom stereocenters. The van der Waals surface area contributed by atoms with E-state index in [0.29, 0.717) is 0 Å². The van der Waals surface area contributed by atoms with Crippen LogP contribution in [0.15, 0.2) is 12.1 Å². The molecule has 1 aromatic rings. The van der Waals surface area contributed by atoms with Crippen molar-refractivity contribution in [3.63, 3.8) is 0 Å². The van der Waals surface area contributed by atoms with Crippen LogP contribution < -0.4 is 0 Å². The third-order valence-electron chi connectivity index (χ3n) is 2.14. The van der Waals surface area contributed by atoms with Crippen molar-refractivity contribution in [2.45, 2.75) is 41.5 Å². The lowest BCUT2D eigenvalue weighted by Gasteiger charge is -1.99. The minimum atomic E-state index is 0.0176. The molecule has 1 heteroatoms. The molecule has 0 N–H and O–H groups in total. The van der Waals surface area contributed by atoms with E-state index in [1.165, 1.54) is 16.7 Å². The summed E-state index contributed by atoms with van der Waals surface area (Å²) in [5.74, 6) is 0. The summed E-state index contributed by atoms with van der Waals surface area (Å²) in [6.45, 7) is 12.6. The van der Waals surface area contributed by atoms with Crippen LogP contribution in [0, 0.1) is 32.3 Å². The molecule has 0 bridgehead atoms. The predicted octanol–water partition coefficient (Wildman–Crippen LogP) is 4.62. The maximum atomic E-state index is 4.47.